The van der Waals surface area contributed by atoms with Crippen LogP contribution in [0.1, 0.15) is 148 Å². The molecule has 0 saturated carbocycles. The van der Waals surface area contributed by atoms with E-state index in [0.717, 1.165) is 44.8 Å². The third-order valence-corrected chi connectivity index (χ3v) is 9.51. The second-order valence-electron chi connectivity index (χ2n) is 14.3. The van der Waals surface area contributed by atoms with Crippen LogP contribution < -0.4 is 12.4 Å². The zero-order valence-corrected chi connectivity index (χ0v) is 38.4. The Bertz CT molecular complexity index is 800. The van der Waals surface area contributed by atoms with Crippen LogP contribution in [0.25, 0.3) is 0 Å². The molecule has 0 aromatic heterocycles. The molecule has 51 heavy (non-hydrogen) atoms. The number of aliphatic hydroxyl groups is 1. The van der Waals surface area contributed by atoms with Crippen LogP contribution >= 0.6 is 11.6 Å². The molecule has 1 aliphatic heterocycles. The molecule has 1 aliphatic rings. The number of allylic oxidation sites excluding steroid dienone is 6. The van der Waals surface area contributed by atoms with Gasteiger partial charge in [-0.1, -0.05) is 95.7 Å². The van der Waals surface area contributed by atoms with Crippen LogP contribution in [0.4, 0.5) is 0 Å². The third-order valence-electron chi connectivity index (χ3n) is 8.98. The van der Waals surface area contributed by atoms with Gasteiger partial charge in [0.1, 0.15) is 0 Å². The number of hydrogen-bond acceptors (Lipinski definition) is 2. The Morgan fingerprint density at radius 1 is 0.667 bits per heavy atom. The average Bonchev–Trinajstić information content (AvgIpc) is 3.62. The van der Waals surface area contributed by atoms with Gasteiger partial charge >= 0.3 is 46.1 Å². The van der Waals surface area contributed by atoms with Crippen molar-refractivity contribution in [1.29, 1.82) is 0 Å². The quantitative estimate of drug-likeness (QED) is 0.0458. The number of halogens is 2. The molecule has 0 amide bonds. The molecule has 6 atom stereocenters. The molecule has 0 aromatic carbocycles. The zero-order valence-electron chi connectivity index (χ0n) is 36.1. The standard InChI is InChI=1S/C14H26O.C13H23Cl.C13H23.C4H8O.CH4.ClH.2Mg.2H/c1-5-6-7-14(12(2)3)9-8-13(4)10-11-15;1-5-6-7-13(11(2)3)9-8-12(4)10-14;1-6-7-8-13(12(4)5)10-9-11(2)3;1-2-4-5-3-1;;;;;;/h5,13-15H,1-2,6-11H2,3-4H3;5,12-13H,1-2,6-10H2,3-4H3;6,11,13H,1-2,4,7-10H2,3,5H3;1-4H2;1H4;1H;;;;/q;;-1;;;;2*+2;2*-1/p-1. The summed E-state index contributed by atoms with van der Waals surface area (Å²) < 4.78 is 4.94. The van der Waals surface area contributed by atoms with Gasteiger partial charge in [0.2, 0.25) is 0 Å². The van der Waals surface area contributed by atoms with E-state index in [0.29, 0.717) is 42.1 Å². The molecular weight excluding hydrogens is 692 g/mol. The van der Waals surface area contributed by atoms with E-state index in [9.17, 15) is 0 Å². The summed E-state index contributed by atoms with van der Waals surface area (Å²) in [4.78, 5) is 0. The Morgan fingerprint density at radius 2 is 1.00 bits per heavy atom. The van der Waals surface area contributed by atoms with Crippen LogP contribution in [-0.2, 0) is 4.74 Å². The van der Waals surface area contributed by atoms with E-state index in [-0.39, 0.29) is 68.8 Å². The smallest absolute Gasteiger partial charge is 1.00 e. The zero-order chi connectivity index (χ0) is 36.5. The van der Waals surface area contributed by atoms with E-state index in [2.05, 4.69) is 87.9 Å². The molecule has 0 bridgehead atoms. The Kier molecular flexibility index (Phi) is 63.0. The summed E-state index contributed by atoms with van der Waals surface area (Å²) in [5.41, 5.74) is 3.89. The molecular formula is C45H86Cl2Mg2O2. The van der Waals surface area contributed by atoms with Crippen molar-refractivity contribution in [2.45, 2.75) is 145 Å². The second-order valence-corrected chi connectivity index (χ2v) is 14.6. The predicted molar refractivity (Wildman–Crippen MR) is 237 cm³/mol. The molecule has 296 valence electrons. The normalized spacial score (nSPS) is 14.5. The minimum atomic E-state index is 0. The average molecular weight is 779 g/mol. The fourth-order valence-electron chi connectivity index (χ4n) is 5.28. The summed E-state index contributed by atoms with van der Waals surface area (Å²) in [7, 11) is 0. The maximum absolute atomic E-state index is 8.82. The summed E-state index contributed by atoms with van der Waals surface area (Å²) in [5, 5.41) is 8.82. The van der Waals surface area contributed by atoms with Crippen molar-refractivity contribution >= 4 is 57.7 Å². The third kappa shape index (κ3) is 48.5. The van der Waals surface area contributed by atoms with E-state index in [1.54, 1.807) is 0 Å². The Morgan fingerprint density at radius 3 is 1.24 bits per heavy atom. The fraction of sp³-hybridized carbons (Fsp3) is 0.711. The van der Waals surface area contributed by atoms with Gasteiger partial charge in [0.25, 0.3) is 0 Å². The van der Waals surface area contributed by atoms with Crippen molar-refractivity contribution in [3.8, 4) is 0 Å². The van der Waals surface area contributed by atoms with Gasteiger partial charge in [0.05, 0.1) is 0 Å². The number of hydrogen-bond donors (Lipinski definition) is 1. The maximum Gasteiger partial charge on any atom is 2.00 e. The van der Waals surface area contributed by atoms with Gasteiger partial charge in [-0.2, -0.15) is 5.92 Å². The molecule has 2 nitrogen and oxygen atoms in total. The first-order valence-corrected chi connectivity index (χ1v) is 19.2. The van der Waals surface area contributed by atoms with E-state index in [4.69, 9.17) is 21.4 Å². The molecule has 1 fully saturated rings. The van der Waals surface area contributed by atoms with E-state index in [1.165, 1.54) is 87.3 Å². The van der Waals surface area contributed by atoms with Crippen molar-refractivity contribution in [3.05, 3.63) is 81.3 Å². The molecule has 0 aliphatic carbocycles. The molecule has 1 saturated heterocycles. The maximum atomic E-state index is 8.82. The van der Waals surface area contributed by atoms with Crippen LogP contribution in [0.15, 0.2) is 74.4 Å². The molecule has 6 heteroatoms. The molecule has 0 spiro atoms. The molecule has 0 aromatic rings. The van der Waals surface area contributed by atoms with Crippen molar-refractivity contribution in [1.82, 2.24) is 0 Å². The van der Waals surface area contributed by atoms with Gasteiger partial charge in [-0.3, -0.25) is 0 Å². The SMILES string of the molecule is C.C1CCOC1.C=CCCC(CCC(C)CCO)C(=C)C.C=CCCC(CCC(C)CCl)C(=C)C.C=CCCC(CCC([CH2-])C)C(=C)C.[Cl-].[H-].[H-].[Mg+2].[Mg+2]. The predicted octanol–water partition coefficient (Wildman–Crippen LogP) is 11.0. The first-order valence-electron chi connectivity index (χ1n) is 18.7. The van der Waals surface area contributed by atoms with Gasteiger partial charge in [0.15, 0.2) is 0 Å². The topological polar surface area (TPSA) is 29.5 Å². The Hall–Kier alpha value is 0.472. The van der Waals surface area contributed by atoms with Gasteiger partial charge in [-0.25, -0.2) is 0 Å². The van der Waals surface area contributed by atoms with Gasteiger partial charge < -0.3 is 32.0 Å². The van der Waals surface area contributed by atoms with Gasteiger partial charge in [-0.05, 0) is 134 Å². The first-order chi connectivity index (χ1) is 22.3. The summed E-state index contributed by atoms with van der Waals surface area (Å²) in [6.07, 6.45) is 23.5. The van der Waals surface area contributed by atoms with Crippen molar-refractivity contribution in [3.63, 3.8) is 0 Å². The summed E-state index contributed by atoms with van der Waals surface area (Å²) in [5.74, 6) is 4.53. The number of aliphatic hydroxyl groups excluding tert-OH is 1. The van der Waals surface area contributed by atoms with Crippen LogP contribution in [0.5, 0.6) is 0 Å². The summed E-state index contributed by atoms with van der Waals surface area (Å²) >= 11 is 5.78. The van der Waals surface area contributed by atoms with E-state index >= 15 is 0 Å². The first kappa shape index (κ1) is 66.3. The van der Waals surface area contributed by atoms with E-state index in [1.807, 2.05) is 18.2 Å². The van der Waals surface area contributed by atoms with Crippen LogP contribution in [-0.4, -0.2) is 76.9 Å². The molecule has 1 rings (SSSR count). The monoisotopic (exact) mass is 777 g/mol. The Balaban J connectivity index is -0.0000000695. The van der Waals surface area contributed by atoms with Crippen LogP contribution in [0, 0.1) is 42.4 Å². The van der Waals surface area contributed by atoms with Crippen LogP contribution in [0.2, 0.25) is 0 Å². The molecule has 6 unspecified atom stereocenters. The van der Waals surface area contributed by atoms with Crippen LogP contribution in [0.3, 0.4) is 0 Å². The second kappa shape index (κ2) is 48.5. The number of alkyl halides is 1. The van der Waals surface area contributed by atoms with E-state index < -0.39 is 0 Å². The van der Waals surface area contributed by atoms with Crippen molar-refractivity contribution in [2.24, 2.45) is 35.5 Å². The molecule has 1 heterocycles. The fourth-order valence-corrected chi connectivity index (χ4v) is 5.43. The minimum absolute atomic E-state index is 0. The molecule has 0 radical (unpaired) electrons. The largest absolute Gasteiger partial charge is 2.00 e. The Labute approximate surface area is 368 Å². The number of ether oxygens (including phenoxy) is 1. The number of rotatable bonds is 24. The summed E-state index contributed by atoms with van der Waals surface area (Å²) in [6.45, 7) is 42.6. The van der Waals surface area contributed by atoms with Crippen molar-refractivity contribution < 1.29 is 25.1 Å². The van der Waals surface area contributed by atoms with Gasteiger partial charge in [-0.15, -0.1) is 31.3 Å². The summed E-state index contributed by atoms with van der Waals surface area (Å²) in [6, 6.07) is 0. The van der Waals surface area contributed by atoms with Gasteiger partial charge in [0, 0.05) is 25.7 Å². The van der Waals surface area contributed by atoms with Crippen molar-refractivity contribution in [2.75, 3.05) is 25.7 Å². The molecule has 1 N–H and O–H groups in total. The minimum Gasteiger partial charge on any atom is -1.00 e.